The van der Waals surface area contributed by atoms with E-state index in [0.717, 1.165) is 19.4 Å². The third-order valence-corrected chi connectivity index (χ3v) is 3.86. The number of phenolic OH excluding ortho intramolecular Hbond substituents is 1. The number of nitro benzene ring substituents is 1. The second-order valence-electron chi connectivity index (χ2n) is 5.57. The summed E-state index contributed by atoms with van der Waals surface area (Å²) >= 11 is 0. The van der Waals surface area contributed by atoms with E-state index in [0.29, 0.717) is 25.1 Å². The van der Waals surface area contributed by atoms with Crippen LogP contribution in [0, 0.1) is 10.1 Å². The summed E-state index contributed by atoms with van der Waals surface area (Å²) in [7, 11) is 0. The zero-order valence-electron chi connectivity index (χ0n) is 12.6. The Labute approximate surface area is 129 Å². The summed E-state index contributed by atoms with van der Waals surface area (Å²) in [6, 6.07) is 4.15. The number of phenols is 1. The maximum Gasteiger partial charge on any atom is 0.270 e. The van der Waals surface area contributed by atoms with Gasteiger partial charge in [-0.2, -0.15) is 0 Å². The third-order valence-electron chi connectivity index (χ3n) is 3.86. The monoisotopic (exact) mass is 307 g/mol. The number of piperidine rings is 1. The SMILES string of the molecule is CCC(=O)N[C@H]1CCCN(Cc2cc([N+](=O)[O-])ccc2O)C1. The molecule has 2 N–H and O–H groups in total. The topological polar surface area (TPSA) is 95.7 Å². The molecule has 120 valence electrons. The molecule has 0 radical (unpaired) electrons. The average molecular weight is 307 g/mol. The minimum absolute atomic E-state index is 0.0272. The van der Waals surface area contributed by atoms with E-state index >= 15 is 0 Å². The van der Waals surface area contributed by atoms with Crippen molar-refractivity contribution >= 4 is 11.6 Å². The van der Waals surface area contributed by atoms with E-state index in [1.807, 2.05) is 6.92 Å². The lowest BCUT2D eigenvalue weighted by atomic mass is 10.0. The van der Waals surface area contributed by atoms with Gasteiger partial charge >= 0.3 is 0 Å². The molecule has 7 heteroatoms. The highest BCUT2D eigenvalue weighted by Gasteiger charge is 2.22. The van der Waals surface area contributed by atoms with Crippen LogP contribution in [0.15, 0.2) is 18.2 Å². The van der Waals surface area contributed by atoms with Crippen molar-refractivity contribution in [2.45, 2.75) is 38.8 Å². The Morgan fingerprint density at radius 2 is 2.32 bits per heavy atom. The largest absolute Gasteiger partial charge is 0.508 e. The first-order valence-electron chi connectivity index (χ1n) is 7.47. The van der Waals surface area contributed by atoms with Crippen LogP contribution >= 0.6 is 0 Å². The van der Waals surface area contributed by atoms with Gasteiger partial charge in [-0.05, 0) is 25.5 Å². The highest BCUT2D eigenvalue weighted by Crippen LogP contribution is 2.25. The van der Waals surface area contributed by atoms with Crippen molar-refractivity contribution in [2.24, 2.45) is 0 Å². The quantitative estimate of drug-likeness (QED) is 0.638. The van der Waals surface area contributed by atoms with Crippen LogP contribution in [0.25, 0.3) is 0 Å². The fourth-order valence-corrected chi connectivity index (χ4v) is 2.70. The van der Waals surface area contributed by atoms with Gasteiger partial charge in [-0.1, -0.05) is 6.92 Å². The predicted octanol–water partition coefficient (Wildman–Crippen LogP) is 1.79. The Morgan fingerprint density at radius 1 is 1.55 bits per heavy atom. The molecular weight excluding hydrogens is 286 g/mol. The van der Waals surface area contributed by atoms with Crippen LogP contribution in [-0.4, -0.2) is 40.0 Å². The van der Waals surface area contributed by atoms with Gasteiger partial charge < -0.3 is 10.4 Å². The number of nitrogens with one attached hydrogen (secondary N) is 1. The molecule has 1 aliphatic heterocycles. The number of hydrogen-bond acceptors (Lipinski definition) is 5. The molecule has 1 fully saturated rings. The summed E-state index contributed by atoms with van der Waals surface area (Å²) in [6.07, 6.45) is 2.34. The smallest absolute Gasteiger partial charge is 0.270 e. The molecule has 0 saturated carbocycles. The Bertz CT molecular complexity index is 562. The lowest BCUT2D eigenvalue weighted by Crippen LogP contribution is -2.47. The molecule has 22 heavy (non-hydrogen) atoms. The van der Waals surface area contributed by atoms with Crippen LogP contribution in [-0.2, 0) is 11.3 Å². The number of likely N-dealkylation sites (tertiary alicyclic amines) is 1. The van der Waals surface area contributed by atoms with E-state index in [-0.39, 0.29) is 23.4 Å². The standard InChI is InChI=1S/C15H21N3O4/c1-2-15(20)16-12-4-3-7-17(10-12)9-11-8-13(18(21)22)5-6-14(11)19/h5-6,8,12,19H,2-4,7,9-10H2,1H3,(H,16,20)/t12-/m0/s1. The Balaban J connectivity index is 2.02. The van der Waals surface area contributed by atoms with Gasteiger partial charge in [-0.15, -0.1) is 0 Å². The van der Waals surface area contributed by atoms with Crippen molar-refractivity contribution in [2.75, 3.05) is 13.1 Å². The van der Waals surface area contributed by atoms with Gasteiger partial charge in [0.15, 0.2) is 0 Å². The van der Waals surface area contributed by atoms with E-state index in [1.54, 1.807) is 0 Å². The van der Waals surface area contributed by atoms with E-state index in [9.17, 15) is 20.0 Å². The van der Waals surface area contributed by atoms with Crippen molar-refractivity contribution in [1.82, 2.24) is 10.2 Å². The number of nitrogens with zero attached hydrogens (tertiary/aromatic N) is 2. The van der Waals surface area contributed by atoms with Crippen molar-refractivity contribution in [3.8, 4) is 5.75 Å². The van der Waals surface area contributed by atoms with Crippen molar-refractivity contribution in [3.05, 3.63) is 33.9 Å². The number of rotatable bonds is 5. The van der Waals surface area contributed by atoms with Gasteiger partial charge in [0.25, 0.3) is 5.69 Å². The van der Waals surface area contributed by atoms with Crippen molar-refractivity contribution < 1.29 is 14.8 Å². The Morgan fingerprint density at radius 3 is 3.00 bits per heavy atom. The lowest BCUT2D eigenvalue weighted by molar-refractivity contribution is -0.385. The summed E-state index contributed by atoms with van der Waals surface area (Å²) < 4.78 is 0. The van der Waals surface area contributed by atoms with Gasteiger partial charge in [0.2, 0.25) is 5.91 Å². The normalized spacial score (nSPS) is 18.9. The van der Waals surface area contributed by atoms with Crippen molar-refractivity contribution in [3.63, 3.8) is 0 Å². The summed E-state index contributed by atoms with van der Waals surface area (Å²) in [5, 5.41) is 23.7. The van der Waals surface area contributed by atoms with E-state index in [2.05, 4.69) is 10.2 Å². The molecule has 1 aromatic rings. The molecule has 1 saturated heterocycles. The Kier molecular flexibility index (Phi) is 5.32. The third kappa shape index (κ3) is 4.17. The summed E-state index contributed by atoms with van der Waals surface area (Å²) in [6.45, 7) is 3.79. The summed E-state index contributed by atoms with van der Waals surface area (Å²) in [4.78, 5) is 23.9. The molecule has 1 amide bonds. The molecular formula is C15H21N3O4. The van der Waals surface area contributed by atoms with E-state index in [4.69, 9.17) is 0 Å². The van der Waals surface area contributed by atoms with Gasteiger partial charge in [0.1, 0.15) is 5.75 Å². The molecule has 0 spiro atoms. The number of non-ortho nitro benzene ring substituents is 1. The van der Waals surface area contributed by atoms with Gasteiger partial charge in [-0.3, -0.25) is 19.8 Å². The van der Waals surface area contributed by atoms with Crippen LogP contribution < -0.4 is 5.32 Å². The van der Waals surface area contributed by atoms with Crippen LogP contribution in [0.5, 0.6) is 5.75 Å². The molecule has 1 heterocycles. The molecule has 0 aliphatic carbocycles. The first-order chi connectivity index (χ1) is 10.5. The average Bonchev–Trinajstić information content (AvgIpc) is 2.49. The number of amides is 1. The fraction of sp³-hybridized carbons (Fsp3) is 0.533. The number of benzene rings is 1. The summed E-state index contributed by atoms with van der Waals surface area (Å²) in [5.74, 6) is 0.0929. The zero-order chi connectivity index (χ0) is 16.1. The molecule has 1 atom stereocenters. The highest BCUT2D eigenvalue weighted by atomic mass is 16.6. The summed E-state index contributed by atoms with van der Waals surface area (Å²) in [5.41, 5.74) is 0.511. The molecule has 0 unspecified atom stereocenters. The molecule has 0 aromatic heterocycles. The molecule has 2 rings (SSSR count). The molecule has 1 aromatic carbocycles. The number of nitro groups is 1. The second-order valence-corrected chi connectivity index (χ2v) is 5.57. The predicted molar refractivity (Wildman–Crippen MR) is 81.5 cm³/mol. The van der Waals surface area contributed by atoms with Crippen LogP contribution in [0.3, 0.4) is 0 Å². The van der Waals surface area contributed by atoms with Crippen LogP contribution in [0.4, 0.5) is 5.69 Å². The van der Waals surface area contributed by atoms with Crippen LogP contribution in [0.2, 0.25) is 0 Å². The van der Waals surface area contributed by atoms with E-state index in [1.165, 1.54) is 18.2 Å². The van der Waals surface area contributed by atoms with Crippen molar-refractivity contribution in [1.29, 1.82) is 0 Å². The van der Waals surface area contributed by atoms with E-state index < -0.39 is 4.92 Å². The molecule has 0 bridgehead atoms. The maximum absolute atomic E-state index is 11.5. The molecule has 1 aliphatic rings. The Hall–Kier alpha value is -2.15. The van der Waals surface area contributed by atoms with Gasteiger partial charge in [-0.25, -0.2) is 0 Å². The first kappa shape index (κ1) is 16.2. The minimum atomic E-state index is -0.469. The van der Waals surface area contributed by atoms with Gasteiger partial charge in [0, 0.05) is 43.2 Å². The lowest BCUT2D eigenvalue weighted by Gasteiger charge is -2.33. The first-order valence-corrected chi connectivity index (χ1v) is 7.47. The number of hydrogen-bond donors (Lipinski definition) is 2. The maximum atomic E-state index is 11.5. The molecule has 7 nitrogen and oxygen atoms in total. The zero-order valence-corrected chi connectivity index (χ0v) is 12.6. The fourth-order valence-electron chi connectivity index (χ4n) is 2.70. The number of carbonyl (C=O) groups excluding carboxylic acids is 1. The minimum Gasteiger partial charge on any atom is -0.508 e. The number of aromatic hydroxyl groups is 1. The number of carbonyl (C=O) groups is 1. The highest BCUT2D eigenvalue weighted by molar-refractivity contribution is 5.75. The van der Waals surface area contributed by atoms with Crippen LogP contribution in [0.1, 0.15) is 31.7 Å². The second kappa shape index (κ2) is 7.22. The van der Waals surface area contributed by atoms with Gasteiger partial charge in [0.05, 0.1) is 4.92 Å².